The average Bonchev–Trinajstić information content (AvgIpc) is 2.43. The van der Waals surface area contributed by atoms with Crippen LogP contribution in [0, 0.1) is 6.92 Å². The average molecular weight is 301 g/mol. The number of hydrogen-bond acceptors (Lipinski definition) is 5. The van der Waals surface area contributed by atoms with E-state index in [9.17, 15) is 14.5 Å². The molecule has 112 valence electrons. The molecular weight excluding hydrogens is 281 g/mol. The van der Waals surface area contributed by atoms with Crippen LogP contribution in [0.3, 0.4) is 0 Å². The molecule has 0 aliphatic rings. The number of carbonyl (C=O) groups is 1. The highest BCUT2D eigenvalue weighted by Gasteiger charge is 2.41. The van der Waals surface area contributed by atoms with E-state index >= 15 is 0 Å². The zero-order valence-corrected chi connectivity index (χ0v) is 12.9. The van der Waals surface area contributed by atoms with E-state index in [-0.39, 0.29) is 0 Å². The Hall–Kier alpha value is -1.20. The second-order valence-electron chi connectivity index (χ2n) is 4.35. The number of benzene rings is 1. The number of aliphatic hydroxyl groups is 1. The fourth-order valence-corrected chi connectivity index (χ4v) is 3.38. The number of carbonyl (C=O) groups excluding carboxylic acids is 1. The third-order valence-corrected chi connectivity index (χ3v) is 5.12. The van der Waals surface area contributed by atoms with Gasteiger partial charge in [-0.25, -0.2) is 0 Å². The van der Waals surface area contributed by atoms with Gasteiger partial charge in [0.05, 0.1) is 0 Å². The minimum atomic E-state index is -3.67. The smallest absolute Gasteiger partial charge is 0.355 e. The first-order valence-electron chi connectivity index (χ1n) is 6.07. The van der Waals surface area contributed by atoms with E-state index in [1.165, 1.54) is 21.1 Å². The molecular formula is C13H20NO5P. The van der Waals surface area contributed by atoms with Crippen molar-refractivity contribution >= 4 is 13.5 Å². The number of aryl methyl sites for hydroxylation is 1. The molecule has 0 aliphatic carbocycles. The number of hydrogen-bond donors (Lipinski definition) is 2. The summed E-state index contributed by atoms with van der Waals surface area (Å²) in [7, 11) is -1.24. The Morgan fingerprint density at radius 1 is 1.30 bits per heavy atom. The maximum atomic E-state index is 12.5. The highest BCUT2D eigenvalue weighted by molar-refractivity contribution is 7.54. The lowest BCUT2D eigenvalue weighted by atomic mass is 10.0. The second kappa shape index (κ2) is 6.99. The zero-order chi connectivity index (χ0) is 15.3. The summed E-state index contributed by atoms with van der Waals surface area (Å²) in [5, 5.41) is 12.9. The molecule has 0 saturated heterocycles. The summed E-state index contributed by atoms with van der Waals surface area (Å²) >= 11 is 0. The van der Waals surface area contributed by atoms with Crippen molar-refractivity contribution in [2.45, 2.75) is 25.7 Å². The van der Waals surface area contributed by atoms with Crippen LogP contribution in [0.5, 0.6) is 0 Å². The largest absolute Gasteiger partial charge is 0.386 e. The Morgan fingerprint density at radius 2 is 1.85 bits per heavy atom. The molecule has 0 aliphatic heterocycles. The molecule has 0 bridgehead atoms. The molecule has 20 heavy (non-hydrogen) atoms. The lowest BCUT2D eigenvalue weighted by Gasteiger charge is -2.29. The predicted octanol–water partition coefficient (Wildman–Crippen LogP) is 1.98. The van der Waals surface area contributed by atoms with E-state index in [2.05, 4.69) is 5.32 Å². The van der Waals surface area contributed by atoms with Crippen LogP contribution in [0.1, 0.15) is 24.2 Å². The molecule has 0 aromatic heterocycles. The second-order valence-corrected chi connectivity index (χ2v) is 6.72. The van der Waals surface area contributed by atoms with Gasteiger partial charge in [0.1, 0.15) is 6.10 Å². The van der Waals surface area contributed by atoms with E-state index in [0.717, 1.165) is 5.56 Å². The molecule has 0 unspecified atom stereocenters. The maximum absolute atomic E-state index is 12.5. The van der Waals surface area contributed by atoms with E-state index < -0.39 is 25.4 Å². The molecule has 2 atom stereocenters. The van der Waals surface area contributed by atoms with Crippen molar-refractivity contribution in [3.05, 3.63) is 35.4 Å². The molecule has 0 spiro atoms. The molecule has 0 heterocycles. The van der Waals surface area contributed by atoms with Gasteiger partial charge in [0.25, 0.3) is 0 Å². The third-order valence-electron chi connectivity index (χ3n) is 3.01. The van der Waals surface area contributed by atoms with Crippen LogP contribution in [0.2, 0.25) is 0 Å². The molecule has 1 amide bonds. The van der Waals surface area contributed by atoms with Crippen LogP contribution in [0.4, 0.5) is 0 Å². The Balaban J connectivity index is 3.21. The van der Waals surface area contributed by atoms with Gasteiger partial charge in [-0.2, -0.15) is 0 Å². The van der Waals surface area contributed by atoms with Gasteiger partial charge in [-0.05, 0) is 18.1 Å². The fourth-order valence-electron chi connectivity index (χ4n) is 1.93. The topological polar surface area (TPSA) is 84.9 Å². The lowest BCUT2D eigenvalue weighted by Crippen LogP contribution is -2.38. The normalized spacial score (nSPS) is 14.7. The van der Waals surface area contributed by atoms with Crippen molar-refractivity contribution in [1.29, 1.82) is 0 Å². The van der Waals surface area contributed by atoms with Crippen molar-refractivity contribution in [3.8, 4) is 0 Å². The van der Waals surface area contributed by atoms with Gasteiger partial charge in [-0.15, -0.1) is 0 Å². The van der Waals surface area contributed by atoms with Crippen molar-refractivity contribution in [3.63, 3.8) is 0 Å². The van der Waals surface area contributed by atoms with Gasteiger partial charge < -0.3 is 19.5 Å². The zero-order valence-electron chi connectivity index (χ0n) is 12.0. The van der Waals surface area contributed by atoms with Crippen LogP contribution in [0.25, 0.3) is 0 Å². The standard InChI is InChI=1S/C13H20NO5P/c1-9-7-5-6-8-11(9)12(16)13(14-10(2)15)20(17,18-3)19-4/h5-8,12-13,16H,1-4H3,(H,14,15)/t12-,13-/m0/s1. The summed E-state index contributed by atoms with van der Waals surface area (Å²) in [4.78, 5) is 11.3. The van der Waals surface area contributed by atoms with E-state index in [1.54, 1.807) is 12.1 Å². The Morgan fingerprint density at radius 3 is 2.30 bits per heavy atom. The maximum Gasteiger partial charge on any atom is 0.355 e. The summed E-state index contributed by atoms with van der Waals surface area (Å²) in [6.45, 7) is 3.08. The quantitative estimate of drug-likeness (QED) is 0.785. The highest BCUT2D eigenvalue weighted by atomic mass is 31.2. The minimum absolute atomic E-state index is 0.433. The van der Waals surface area contributed by atoms with Crippen LogP contribution in [0.15, 0.2) is 24.3 Å². The number of rotatable bonds is 6. The Labute approximate surface area is 118 Å². The third kappa shape index (κ3) is 3.67. The summed E-state index contributed by atoms with van der Waals surface area (Å²) in [5.41, 5.74) is 1.37. The van der Waals surface area contributed by atoms with E-state index in [4.69, 9.17) is 9.05 Å². The van der Waals surface area contributed by atoms with Crippen LogP contribution >= 0.6 is 7.60 Å². The minimum Gasteiger partial charge on any atom is -0.386 e. The molecule has 0 saturated carbocycles. The van der Waals surface area contributed by atoms with Crippen molar-refractivity contribution in [1.82, 2.24) is 5.32 Å². The number of aliphatic hydroxyl groups excluding tert-OH is 1. The molecule has 0 fully saturated rings. The van der Waals surface area contributed by atoms with Crippen LogP contribution in [-0.2, 0) is 18.4 Å². The highest BCUT2D eigenvalue weighted by Crippen LogP contribution is 2.54. The molecule has 1 rings (SSSR count). The number of nitrogens with one attached hydrogen (secondary N) is 1. The molecule has 0 radical (unpaired) electrons. The molecule has 1 aromatic carbocycles. The first-order chi connectivity index (χ1) is 9.35. The Kier molecular flexibility index (Phi) is 5.89. The molecule has 6 nitrogen and oxygen atoms in total. The van der Waals surface area contributed by atoms with E-state index in [1.807, 2.05) is 19.1 Å². The SMILES string of the molecule is COP(=O)(OC)[C@H](NC(C)=O)[C@@H](O)c1ccccc1C. The fraction of sp³-hybridized carbons (Fsp3) is 0.462. The summed E-state index contributed by atoms with van der Waals surface area (Å²) < 4.78 is 22.3. The van der Waals surface area contributed by atoms with Gasteiger partial charge in [0.2, 0.25) is 5.91 Å². The van der Waals surface area contributed by atoms with Crippen molar-refractivity contribution in [2.24, 2.45) is 0 Å². The van der Waals surface area contributed by atoms with Crippen molar-refractivity contribution in [2.75, 3.05) is 14.2 Å². The molecule has 1 aromatic rings. The predicted molar refractivity (Wildman–Crippen MR) is 75.4 cm³/mol. The van der Waals surface area contributed by atoms with Gasteiger partial charge in [-0.1, -0.05) is 24.3 Å². The van der Waals surface area contributed by atoms with Crippen molar-refractivity contribution < 1.29 is 23.5 Å². The van der Waals surface area contributed by atoms with Gasteiger partial charge in [0.15, 0.2) is 5.78 Å². The van der Waals surface area contributed by atoms with Crippen LogP contribution in [-0.4, -0.2) is 31.0 Å². The van der Waals surface area contributed by atoms with Gasteiger partial charge >= 0.3 is 7.60 Å². The summed E-state index contributed by atoms with van der Waals surface area (Å²) in [5.74, 6) is -1.60. The van der Waals surface area contributed by atoms with Crippen LogP contribution < -0.4 is 5.32 Å². The summed E-state index contributed by atoms with van der Waals surface area (Å²) in [6.07, 6.45) is -1.20. The summed E-state index contributed by atoms with van der Waals surface area (Å²) in [6, 6.07) is 7.09. The first-order valence-corrected chi connectivity index (χ1v) is 7.68. The number of amides is 1. The van der Waals surface area contributed by atoms with E-state index in [0.29, 0.717) is 5.56 Å². The molecule has 2 N–H and O–H groups in total. The monoisotopic (exact) mass is 301 g/mol. The Bertz CT molecular complexity index is 511. The lowest BCUT2D eigenvalue weighted by molar-refractivity contribution is -0.120. The van der Waals surface area contributed by atoms with Gasteiger partial charge in [0, 0.05) is 21.1 Å². The van der Waals surface area contributed by atoms with Gasteiger partial charge in [-0.3, -0.25) is 9.36 Å². The first kappa shape index (κ1) is 16.9. The molecule has 7 heteroatoms.